The number of cyclic esters (lactones) is 1. The van der Waals surface area contributed by atoms with Gasteiger partial charge in [-0.3, -0.25) is 0 Å². The van der Waals surface area contributed by atoms with Gasteiger partial charge in [-0.05, 0) is 60.7 Å². The Bertz CT molecular complexity index is 2070. The summed E-state index contributed by atoms with van der Waals surface area (Å²) in [5.41, 5.74) is 0.474. The second-order valence-corrected chi connectivity index (χ2v) is 11.8. The van der Waals surface area contributed by atoms with Gasteiger partial charge < -0.3 is 28.4 Å². The Kier molecular flexibility index (Phi) is 11.8. The fraction of sp³-hybridized carbons (Fsp3) is 0.143. The van der Waals surface area contributed by atoms with Crippen LogP contribution >= 0.6 is 0 Å². The predicted octanol–water partition coefficient (Wildman–Crippen LogP) is 5.67. The molecule has 0 bridgehead atoms. The number of hydrogen-bond acceptors (Lipinski definition) is 12. The summed E-state index contributed by atoms with van der Waals surface area (Å²) in [7, 11) is 0. The fourth-order valence-corrected chi connectivity index (χ4v) is 5.51. The highest BCUT2D eigenvalue weighted by atomic mass is 16.7. The summed E-state index contributed by atoms with van der Waals surface area (Å²) in [6.07, 6.45) is -8.90. The summed E-state index contributed by atoms with van der Waals surface area (Å²) in [6, 6.07) is 39.0. The van der Waals surface area contributed by atoms with E-state index >= 15 is 0 Å². The van der Waals surface area contributed by atoms with Crippen LogP contribution in [0.15, 0.2) is 152 Å². The van der Waals surface area contributed by atoms with Gasteiger partial charge >= 0.3 is 35.8 Å². The molecule has 12 nitrogen and oxygen atoms in total. The predicted molar refractivity (Wildman–Crippen MR) is 189 cm³/mol. The fourth-order valence-electron chi connectivity index (χ4n) is 5.51. The van der Waals surface area contributed by atoms with Gasteiger partial charge in [-0.1, -0.05) is 91.0 Å². The molecular formula is C42H32O12. The van der Waals surface area contributed by atoms with Gasteiger partial charge in [0.2, 0.25) is 6.10 Å². The maximum absolute atomic E-state index is 13.7. The Hall–Kier alpha value is -7.08. The van der Waals surface area contributed by atoms with Crippen molar-refractivity contribution in [1.29, 1.82) is 0 Å². The van der Waals surface area contributed by atoms with E-state index in [1.807, 2.05) is 0 Å². The Labute approximate surface area is 309 Å². The molecule has 0 amide bonds. The topological polar surface area (TPSA) is 158 Å². The molecule has 5 aromatic carbocycles. The van der Waals surface area contributed by atoms with Gasteiger partial charge in [-0.2, -0.15) is 0 Å². The molecule has 54 heavy (non-hydrogen) atoms. The quantitative estimate of drug-likeness (QED) is 0.108. The average molecular weight is 729 g/mol. The first-order chi connectivity index (χ1) is 26.3. The van der Waals surface area contributed by atoms with Crippen molar-refractivity contribution in [3.05, 3.63) is 179 Å². The monoisotopic (exact) mass is 728 g/mol. The molecule has 12 heteroatoms. The summed E-state index contributed by atoms with van der Waals surface area (Å²) < 4.78 is 34.5. The van der Waals surface area contributed by atoms with Gasteiger partial charge in [0.15, 0.2) is 24.4 Å². The van der Waals surface area contributed by atoms with Gasteiger partial charge in [0.1, 0.15) is 6.61 Å². The molecule has 5 atom stereocenters. The molecule has 0 N–H and O–H groups in total. The Morgan fingerprint density at radius 1 is 0.481 bits per heavy atom. The lowest BCUT2D eigenvalue weighted by Gasteiger charge is -2.32. The molecule has 1 aliphatic heterocycles. The van der Waals surface area contributed by atoms with E-state index in [-0.39, 0.29) is 27.8 Å². The van der Waals surface area contributed by atoms with Crippen LogP contribution in [0.1, 0.15) is 51.8 Å². The van der Waals surface area contributed by atoms with Gasteiger partial charge in [0, 0.05) is 0 Å². The molecular weight excluding hydrogens is 696 g/mol. The van der Waals surface area contributed by atoms with Crippen LogP contribution in [-0.4, -0.2) is 72.9 Å². The van der Waals surface area contributed by atoms with E-state index in [1.54, 1.807) is 91.0 Å². The number of benzene rings is 5. The van der Waals surface area contributed by atoms with Crippen molar-refractivity contribution >= 4 is 35.8 Å². The Balaban J connectivity index is 1.40. The summed E-state index contributed by atoms with van der Waals surface area (Å²) in [5, 5.41) is 0. The lowest BCUT2D eigenvalue weighted by atomic mass is 10.00. The van der Waals surface area contributed by atoms with Crippen molar-refractivity contribution in [2.24, 2.45) is 0 Å². The highest BCUT2D eigenvalue weighted by Gasteiger charge is 2.57. The Morgan fingerprint density at radius 2 is 0.852 bits per heavy atom. The lowest BCUT2D eigenvalue weighted by Crippen LogP contribution is -2.52. The van der Waals surface area contributed by atoms with Crippen LogP contribution in [0, 0.1) is 0 Å². The summed E-state index contributed by atoms with van der Waals surface area (Å²) in [4.78, 5) is 80.8. The third-order valence-electron chi connectivity index (χ3n) is 8.20. The molecule has 0 aliphatic carbocycles. The third kappa shape index (κ3) is 9.04. The van der Waals surface area contributed by atoms with Crippen LogP contribution in [-0.2, 0) is 33.2 Å². The van der Waals surface area contributed by atoms with Gasteiger partial charge in [0.05, 0.1) is 27.8 Å². The molecule has 0 aromatic heterocycles. The van der Waals surface area contributed by atoms with Crippen molar-refractivity contribution in [3.63, 3.8) is 0 Å². The SMILES string of the molecule is O=C(OC[C@@H](OC(=O)c1ccccc1)[C@@H](OC(=O)c1ccccc1)[C@@H]1OC(=O)[C@H](OC(=O)c2ccccc2)[C@@H]1OC(=O)c1ccccc1)c1ccccc1. The second-order valence-electron chi connectivity index (χ2n) is 11.8. The van der Waals surface area contributed by atoms with Gasteiger partial charge in [0.25, 0.3) is 0 Å². The van der Waals surface area contributed by atoms with E-state index in [2.05, 4.69) is 0 Å². The minimum Gasteiger partial charge on any atom is -0.458 e. The van der Waals surface area contributed by atoms with Crippen molar-refractivity contribution in [2.45, 2.75) is 30.5 Å². The number of carbonyl (C=O) groups is 6. The molecule has 0 spiro atoms. The molecule has 1 fully saturated rings. The van der Waals surface area contributed by atoms with E-state index in [0.29, 0.717) is 0 Å². The molecule has 0 saturated carbocycles. The third-order valence-corrected chi connectivity index (χ3v) is 8.20. The number of hydrogen-bond donors (Lipinski definition) is 0. The first-order valence-electron chi connectivity index (χ1n) is 16.8. The first kappa shape index (κ1) is 36.7. The molecule has 1 saturated heterocycles. The molecule has 1 heterocycles. The number of rotatable bonds is 13. The minimum absolute atomic E-state index is 0.0612. The largest absolute Gasteiger partial charge is 0.458 e. The van der Waals surface area contributed by atoms with Gasteiger partial charge in [-0.15, -0.1) is 0 Å². The zero-order valence-electron chi connectivity index (χ0n) is 28.4. The standard InChI is InChI=1S/C42H32O12/c43-37(27-16-6-1-7-17-27)49-26-32(50-38(44)28-18-8-2-9-19-28)33(51-39(45)29-20-10-3-11-21-29)34-35(52-40(46)30-22-12-4-13-23-30)36(42(48)53-34)54-41(47)31-24-14-5-15-25-31/h1-25,32-36H,26H2/t32-,33-,34+,35-,36-/m1/s1. The highest BCUT2D eigenvalue weighted by molar-refractivity contribution is 5.94. The van der Waals surface area contributed by atoms with Crippen LogP contribution in [0.25, 0.3) is 0 Å². The average Bonchev–Trinajstić information content (AvgIpc) is 3.52. The summed E-state index contributed by atoms with van der Waals surface area (Å²) >= 11 is 0. The van der Waals surface area contributed by atoms with Crippen LogP contribution in [0.3, 0.4) is 0 Å². The lowest BCUT2D eigenvalue weighted by molar-refractivity contribution is -0.156. The maximum Gasteiger partial charge on any atom is 0.352 e. The smallest absolute Gasteiger partial charge is 0.352 e. The van der Waals surface area contributed by atoms with Crippen molar-refractivity contribution in [2.75, 3.05) is 6.61 Å². The molecule has 0 unspecified atom stereocenters. The van der Waals surface area contributed by atoms with Crippen molar-refractivity contribution in [3.8, 4) is 0 Å². The number of ether oxygens (including phenoxy) is 6. The molecule has 6 rings (SSSR count). The zero-order valence-corrected chi connectivity index (χ0v) is 28.4. The number of carbonyl (C=O) groups excluding carboxylic acids is 6. The molecule has 0 radical (unpaired) electrons. The summed E-state index contributed by atoms with van der Waals surface area (Å²) in [5.74, 6) is -5.71. The number of esters is 6. The Morgan fingerprint density at radius 3 is 1.30 bits per heavy atom. The zero-order chi connectivity index (χ0) is 37.9. The molecule has 5 aromatic rings. The first-order valence-corrected chi connectivity index (χ1v) is 16.8. The van der Waals surface area contributed by atoms with Crippen LogP contribution in [0.4, 0.5) is 0 Å². The minimum atomic E-state index is -1.87. The van der Waals surface area contributed by atoms with Crippen LogP contribution < -0.4 is 0 Å². The molecule has 1 aliphatic rings. The maximum atomic E-state index is 13.7. The van der Waals surface area contributed by atoms with Gasteiger partial charge in [-0.25, -0.2) is 28.8 Å². The van der Waals surface area contributed by atoms with E-state index in [0.717, 1.165) is 0 Å². The van der Waals surface area contributed by atoms with E-state index in [9.17, 15) is 28.8 Å². The van der Waals surface area contributed by atoms with Crippen LogP contribution in [0.2, 0.25) is 0 Å². The molecule has 272 valence electrons. The normalized spacial score (nSPS) is 17.2. The van der Waals surface area contributed by atoms with E-state index in [4.69, 9.17) is 28.4 Å². The second kappa shape index (κ2) is 17.4. The highest BCUT2D eigenvalue weighted by Crippen LogP contribution is 2.31. The van der Waals surface area contributed by atoms with E-state index in [1.165, 1.54) is 60.7 Å². The van der Waals surface area contributed by atoms with Crippen LogP contribution in [0.5, 0.6) is 0 Å². The van der Waals surface area contributed by atoms with E-state index < -0.39 is 72.9 Å². The van der Waals surface area contributed by atoms with Crippen molar-refractivity contribution < 1.29 is 57.2 Å². The van der Waals surface area contributed by atoms with Crippen molar-refractivity contribution in [1.82, 2.24) is 0 Å². The summed E-state index contributed by atoms with van der Waals surface area (Å²) in [6.45, 7) is -0.721.